The van der Waals surface area contributed by atoms with Crippen LogP contribution in [-0.2, 0) is 22.5 Å². The van der Waals surface area contributed by atoms with Gasteiger partial charge in [-0.3, -0.25) is 19.5 Å². The second kappa shape index (κ2) is 13.2. The van der Waals surface area contributed by atoms with Crippen LogP contribution < -0.4 is 10.6 Å². The fraction of sp³-hybridized carbons (Fsp3) is 0.303. The molecule has 5 rings (SSSR count). The van der Waals surface area contributed by atoms with Crippen LogP contribution in [0, 0.1) is 0 Å². The van der Waals surface area contributed by atoms with Gasteiger partial charge in [-0.1, -0.05) is 43.3 Å². The van der Waals surface area contributed by atoms with E-state index in [1.165, 1.54) is 5.39 Å². The molecule has 1 atom stereocenters. The third kappa shape index (κ3) is 7.24. The molecule has 2 heterocycles. The molecule has 1 unspecified atom stereocenters. The van der Waals surface area contributed by atoms with Crippen LogP contribution in [0.15, 0.2) is 85.2 Å². The van der Waals surface area contributed by atoms with Gasteiger partial charge in [0.1, 0.15) is 0 Å². The van der Waals surface area contributed by atoms with Crippen LogP contribution in [0.25, 0.3) is 10.8 Å². The lowest BCUT2D eigenvalue weighted by Crippen LogP contribution is -2.41. The van der Waals surface area contributed by atoms with Crippen LogP contribution in [0.1, 0.15) is 47.7 Å². The van der Waals surface area contributed by atoms with E-state index in [0.29, 0.717) is 23.9 Å². The van der Waals surface area contributed by atoms with Gasteiger partial charge in [0.25, 0.3) is 5.91 Å². The molecule has 0 radical (unpaired) electrons. The Kier molecular flexibility index (Phi) is 9.04. The minimum absolute atomic E-state index is 0.152. The maximum atomic E-state index is 13.0. The highest BCUT2D eigenvalue weighted by molar-refractivity contribution is 6.04. The smallest absolute Gasteiger partial charge is 0.310 e. The predicted octanol–water partition coefficient (Wildman–Crippen LogP) is 6.06. The van der Waals surface area contributed by atoms with Crippen LogP contribution in [-0.4, -0.2) is 47.5 Å². The maximum absolute atomic E-state index is 13.0. The average Bonchev–Trinajstić information content (AvgIpc) is 2.98. The largest absolute Gasteiger partial charge is 0.465 e. The number of nitrogens with one attached hydrogen (secondary N) is 2. The van der Waals surface area contributed by atoms with Crippen molar-refractivity contribution in [3.05, 3.63) is 102 Å². The number of likely N-dealkylation sites (tertiary alicyclic amines) is 1. The molecule has 0 bridgehead atoms. The number of hydrogen-bond donors (Lipinski definition) is 2. The van der Waals surface area contributed by atoms with Gasteiger partial charge in [-0.2, -0.15) is 0 Å². The number of fused-ring (bicyclic) bond motifs is 1. The first kappa shape index (κ1) is 27.3. The lowest BCUT2D eigenvalue weighted by atomic mass is 10.0. The molecule has 3 aromatic carbocycles. The number of amides is 1. The molecule has 206 valence electrons. The second-order valence-electron chi connectivity index (χ2n) is 10.4. The zero-order chi connectivity index (χ0) is 27.7. The summed E-state index contributed by atoms with van der Waals surface area (Å²) in [6.45, 7) is 5.17. The van der Waals surface area contributed by atoms with Gasteiger partial charge in [0.2, 0.25) is 0 Å². The second-order valence-corrected chi connectivity index (χ2v) is 10.4. The van der Waals surface area contributed by atoms with E-state index in [1.807, 2.05) is 61.8 Å². The molecule has 40 heavy (non-hydrogen) atoms. The molecule has 1 saturated heterocycles. The van der Waals surface area contributed by atoms with Crippen molar-refractivity contribution < 1.29 is 14.3 Å². The lowest BCUT2D eigenvalue weighted by Gasteiger charge is -2.34. The average molecular weight is 537 g/mol. The Bertz CT molecular complexity index is 1450. The number of ether oxygens (including phenoxy) is 1. The highest BCUT2D eigenvalue weighted by Crippen LogP contribution is 2.25. The number of anilines is 2. The lowest BCUT2D eigenvalue weighted by molar-refractivity contribution is -0.142. The van der Waals surface area contributed by atoms with E-state index in [1.54, 1.807) is 0 Å². The summed E-state index contributed by atoms with van der Waals surface area (Å²) in [5, 5.41) is 9.06. The first-order valence-corrected chi connectivity index (χ1v) is 14.0. The molecule has 7 heteroatoms. The number of carbonyl (C=O) groups excluding carboxylic acids is 2. The molecule has 1 amide bonds. The first-order chi connectivity index (χ1) is 19.6. The molecular formula is C33H36N4O3. The molecule has 0 saturated carbocycles. The number of esters is 1. The van der Waals surface area contributed by atoms with Gasteiger partial charge in [-0.25, -0.2) is 0 Å². The molecule has 7 nitrogen and oxygen atoms in total. The number of aromatic nitrogens is 1. The quantitative estimate of drug-likeness (QED) is 0.240. The Balaban J connectivity index is 1.16. The summed E-state index contributed by atoms with van der Waals surface area (Å²) < 4.78 is 5.14. The molecule has 0 spiro atoms. The van der Waals surface area contributed by atoms with Gasteiger partial charge in [0, 0.05) is 59.2 Å². The normalized spacial score (nSPS) is 15.5. The number of nitrogens with zero attached hydrogens (tertiary/aromatic N) is 2. The molecule has 1 aliphatic heterocycles. The topological polar surface area (TPSA) is 83.6 Å². The van der Waals surface area contributed by atoms with E-state index in [9.17, 15) is 9.59 Å². The van der Waals surface area contributed by atoms with Gasteiger partial charge in [0.05, 0.1) is 13.0 Å². The zero-order valence-corrected chi connectivity index (χ0v) is 22.9. The number of piperidine rings is 1. The molecule has 2 N–H and O–H groups in total. The van der Waals surface area contributed by atoms with E-state index in [-0.39, 0.29) is 18.3 Å². The zero-order valence-electron chi connectivity index (χ0n) is 22.9. The Morgan fingerprint density at radius 2 is 1.88 bits per heavy atom. The highest BCUT2D eigenvalue weighted by Gasteiger charge is 2.21. The van der Waals surface area contributed by atoms with E-state index >= 15 is 0 Å². The summed E-state index contributed by atoms with van der Waals surface area (Å²) in [7, 11) is 0. The summed E-state index contributed by atoms with van der Waals surface area (Å²) in [6, 6.07) is 23.9. The number of benzene rings is 3. The van der Waals surface area contributed by atoms with Gasteiger partial charge >= 0.3 is 5.97 Å². The van der Waals surface area contributed by atoms with Crippen molar-refractivity contribution in [2.75, 3.05) is 30.3 Å². The van der Waals surface area contributed by atoms with Crippen molar-refractivity contribution in [3.63, 3.8) is 0 Å². The van der Waals surface area contributed by atoms with Gasteiger partial charge in [0.15, 0.2) is 0 Å². The van der Waals surface area contributed by atoms with E-state index in [0.717, 1.165) is 61.1 Å². The SMILES string of the molecule is CCCOC(=O)Cc1ccc(NC(=O)c2cccc(CN3CCCC(Nc4cccc5cnccc45)C3)c2)cc1. The van der Waals surface area contributed by atoms with Crippen LogP contribution in [0.4, 0.5) is 11.4 Å². The van der Waals surface area contributed by atoms with Gasteiger partial charge < -0.3 is 15.4 Å². The van der Waals surface area contributed by atoms with Crippen molar-refractivity contribution in [1.82, 2.24) is 9.88 Å². The molecule has 1 aliphatic rings. The molecule has 1 fully saturated rings. The highest BCUT2D eigenvalue weighted by atomic mass is 16.5. The predicted molar refractivity (Wildman–Crippen MR) is 159 cm³/mol. The summed E-state index contributed by atoms with van der Waals surface area (Å²) in [4.78, 5) is 31.5. The maximum Gasteiger partial charge on any atom is 0.310 e. The minimum Gasteiger partial charge on any atom is -0.465 e. The summed E-state index contributed by atoms with van der Waals surface area (Å²) in [5.74, 6) is -0.391. The number of hydrogen-bond acceptors (Lipinski definition) is 6. The van der Waals surface area contributed by atoms with Crippen molar-refractivity contribution >= 4 is 34.0 Å². The van der Waals surface area contributed by atoms with Crippen molar-refractivity contribution in [2.24, 2.45) is 0 Å². The van der Waals surface area contributed by atoms with Crippen LogP contribution in [0.5, 0.6) is 0 Å². The van der Waals surface area contributed by atoms with Crippen LogP contribution >= 0.6 is 0 Å². The molecule has 4 aromatic rings. The van der Waals surface area contributed by atoms with Crippen molar-refractivity contribution in [3.8, 4) is 0 Å². The molecular weight excluding hydrogens is 500 g/mol. The monoisotopic (exact) mass is 536 g/mol. The van der Waals surface area contributed by atoms with Crippen molar-refractivity contribution in [1.29, 1.82) is 0 Å². The third-order valence-electron chi connectivity index (χ3n) is 7.17. The van der Waals surface area contributed by atoms with Crippen LogP contribution in [0.2, 0.25) is 0 Å². The van der Waals surface area contributed by atoms with Gasteiger partial charge in [-0.15, -0.1) is 0 Å². The van der Waals surface area contributed by atoms with E-state index in [4.69, 9.17) is 4.74 Å². The Hall–Kier alpha value is -4.23. The summed E-state index contributed by atoms with van der Waals surface area (Å²) in [6.07, 6.45) is 7.01. The van der Waals surface area contributed by atoms with E-state index < -0.39 is 0 Å². The number of rotatable bonds is 10. The summed E-state index contributed by atoms with van der Waals surface area (Å²) in [5.41, 5.74) is 4.43. The van der Waals surface area contributed by atoms with Crippen molar-refractivity contribution in [2.45, 2.75) is 45.2 Å². The Labute approximate surface area is 235 Å². The van der Waals surface area contributed by atoms with Gasteiger partial charge in [-0.05, 0) is 73.3 Å². The Morgan fingerprint density at radius 3 is 2.73 bits per heavy atom. The summed E-state index contributed by atoms with van der Waals surface area (Å²) >= 11 is 0. The van der Waals surface area contributed by atoms with Crippen LogP contribution in [0.3, 0.4) is 0 Å². The number of carbonyl (C=O) groups is 2. The number of pyridine rings is 1. The van der Waals surface area contributed by atoms with E-state index in [2.05, 4.69) is 50.8 Å². The minimum atomic E-state index is -0.239. The first-order valence-electron chi connectivity index (χ1n) is 14.0. The fourth-order valence-electron chi connectivity index (χ4n) is 5.20. The fourth-order valence-corrected chi connectivity index (χ4v) is 5.20. The Morgan fingerprint density at radius 1 is 1.02 bits per heavy atom. The standard InChI is InChI=1S/C33H36N4O3/c1-2-18-40-32(38)20-24-11-13-28(14-12-24)36-33(39)26-7-3-6-25(19-26)22-37-17-5-9-29(23-37)35-31-10-4-8-27-21-34-16-15-30(27)31/h3-4,6-8,10-16,19,21,29,35H,2,5,9,17-18,20,22-23H2,1H3,(H,36,39). The molecule has 1 aromatic heterocycles. The molecule has 0 aliphatic carbocycles. The third-order valence-corrected chi connectivity index (χ3v) is 7.17.